The molecular formula is C30H31F2N5O5S. The lowest BCUT2D eigenvalue weighted by atomic mass is 10.0. The van der Waals surface area contributed by atoms with Crippen LogP contribution in [0, 0.1) is 24.5 Å². The molecule has 4 aromatic rings. The molecular weight excluding hydrogens is 580 g/mol. The summed E-state index contributed by atoms with van der Waals surface area (Å²) in [6.45, 7) is 3.92. The Hall–Kier alpha value is -4.10. The average molecular weight is 612 g/mol. The monoisotopic (exact) mass is 611 g/mol. The summed E-state index contributed by atoms with van der Waals surface area (Å²) < 4.78 is 73.5. The van der Waals surface area contributed by atoms with Gasteiger partial charge in [0.2, 0.25) is 11.8 Å². The van der Waals surface area contributed by atoms with Gasteiger partial charge in [-0.1, -0.05) is 0 Å². The summed E-state index contributed by atoms with van der Waals surface area (Å²) in [5, 5.41) is 4.11. The Balaban J connectivity index is 1.40. The maximum atomic E-state index is 14.4. The number of pyridine rings is 1. The van der Waals surface area contributed by atoms with Gasteiger partial charge in [-0.25, -0.2) is 32.2 Å². The Morgan fingerprint density at radius 1 is 1.02 bits per heavy atom. The lowest BCUT2D eigenvalue weighted by molar-refractivity contribution is 0.0261. The Morgan fingerprint density at radius 2 is 1.81 bits per heavy atom. The van der Waals surface area contributed by atoms with E-state index in [1.54, 1.807) is 0 Å². The van der Waals surface area contributed by atoms with Crippen LogP contribution < -0.4 is 19.5 Å². The van der Waals surface area contributed by atoms with Crippen molar-refractivity contribution in [2.75, 3.05) is 36.9 Å². The minimum atomic E-state index is -4.45. The van der Waals surface area contributed by atoms with Crippen LogP contribution >= 0.6 is 0 Å². The molecule has 1 aliphatic heterocycles. The zero-order valence-corrected chi connectivity index (χ0v) is 24.5. The van der Waals surface area contributed by atoms with Crippen LogP contribution in [0.3, 0.4) is 0 Å². The molecule has 3 heterocycles. The van der Waals surface area contributed by atoms with Crippen molar-refractivity contribution >= 4 is 32.6 Å². The van der Waals surface area contributed by atoms with Crippen molar-refractivity contribution in [2.24, 2.45) is 5.92 Å². The second-order valence-corrected chi connectivity index (χ2v) is 12.4. The number of aromatic nitrogens is 3. The van der Waals surface area contributed by atoms with Crippen molar-refractivity contribution in [1.82, 2.24) is 15.0 Å². The maximum Gasteiger partial charge on any atom is 0.264 e. The van der Waals surface area contributed by atoms with Gasteiger partial charge in [0.25, 0.3) is 10.0 Å². The molecule has 13 heteroatoms. The predicted molar refractivity (Wildman–Crippen MR) is 157 cm³/mol. The minimum Gasteiger partial charge on any atom is -0.488 e. The third kappa shape index (κ3) is 6.47. The SMILES string of the molecule is COc1ncc(-c2cc(OC3CCOCC3)c3nc(NCC4CC4)nc(C)c3c2)cc1NS(=O)(=O)c1ccc(F)cc1F. The van der Waals surface area contributed by atoms with Gasteiger partial charge in [0.1, 0.15) is 39.6 Å². The van der Waals surface area contributed by atoms with Crippen LogP contribution in [0.4, 0.5) is 20.4 Å². The lowest BCUT2D eigenvalue weighted by Gasteiger charge is -2.24. The third-order valence-electron chi connectivity index (χ3n) is 7.47. The van der Waals surface area contributed by atoms with Crippen molar-refractivity contribution in [2.45, 2.75) is 43.6 Å². The first-order valence-electron chi connectivity index (χ1n) is 14.0. The number of sulfonamides is 1. The average Bonchev–Trinajstić information content (AvgIpc) is 3.81. The van der Waals surface area contributed by atoms with E-state index in [0.717, 1.165) is 42.6 Å². The van der Waals surface area contributed by atoms with Crippen LogP contribution in [-0.4, -0.2) is 56.3 Å². The smallest absolute Gasteiger partial charge is 0.264 e. The molecule has 10 nitrogen and oxygen atoms in total. The van der Waals surface area contributed by atoms with E-state index in [0.29, 0.717) is 53.5 Å². The van der Waals surface area contributed by atoms with Crippen molar-refractivity contribution < 1.29 is 31.4 Å². The number of hydrogen-bond donors (Lipinski definition) is 2. The summed E-state index contributed by atoms with van der Waals surface area (Å²) in [5.74, 6) is -0.392. The standard InChI is InChI=1S/C30H31F2N5O5S/c1-17-23-11-19(13-26(42-22-7-9-41-10-8-22)28(23)36-30(35-17)34-15-18-3-4-18)20-12-25(29(40-2)33-16-20)37-43(38,39)27-6-5-21(31)14-24(27)32/h5-6,11-14,16,18,22,37H,3-4,7-10,15H2,1-2H3,(H,34,35,36). The number of hydrogen-bond acceptors (Lipinski definition) is 9. The molecule has 6 rings (SSSR count). The van der Waals surface area contributed by atoms with Crippen LogP contribution in [0.1, 0.15) is 31.4 Å². The molecule has 2 aromatic carbocycles. The Bertz CT molecular complexity index is 1780. The zero-order chi connectivity index (χ0) is 30.1. The number of nitrogens with one attached hydrogen (secondary N) is 2. The second-order valence-electron chi connectivity index (χ2n) is 10.7. The molecule has 43 heavy (non-hydrogen) atoms. The minimum absolute atomic E-state index is 0.0247. The largest absolute Gasteiger partial charge is 0.488 e. The highest BCUT2D eigenvalue weighted by Crippen LogP contribution is 2.37. The van der Waals surface area contributed by atoms with Crippen LogP contribution in [0.2, 0.25) is 0 Å². The number of benzene rings is 2. The number of methoxy groups -OCH3 is 1. The molecule has 0 atom stereocenters. The van der Waals surface area contributed by atoms with Crippen molar-refractivity contribution in [3.8, 4) is 22.8 Å². The first-order valence-corrected chi connectivity index (χ1v) is 15.5. The van der Waals surface area contributed by atoms with E-state index in [2.05, 4.69) is 20.0 Å². The molecule has 0 unspecified atom stereocenters. The fourth-order valence-corrected chi connectivity index (χ4v) is 6.06. The molecule has 1 aliphatic carbocycles. The summed E-state index contributed by atoms with van der Waals surface area (Å²) in [6, 6.07) is 7.51. The fourth-order valence-electron chi connectivity index (χ4n) is 4.95. The summed E-state index contributed by atoms with van der Waals surface area (Å²) in [5.41, 5.74) is 2.59. The highest BCUT2D eigenvalue weighted by Gasteiger charge is 2.24. The maximum absolute atomic E-state index is 14.4. The molecule has 0 amide bonds. The normalized spacial score (nSPS) is 15.8. The number of ether oxygens (including phenoxy) is 3. The van der Waals surface area contributed by atoms with E-state index in [1.807, 2.05) is 19.1 Å². The molecule has 2 fully saturated rings. The topological polar surface area (TPSA) is 125 Å². The number of fused-ring (bicyclic) bond motifs is 1. The van der Waals surface area contributed by atoms with E-state index >= 15 is 0 Å². The first-order chi connectivity index (χ1) is 20.7. The number of halogens is 2. The van der Waals surface area contributed by atoms with Gasteiger partial charge < -0.3 is 19.5 Å². The summed E-state index contributed by atoms with van der Waals surface area (Å²) in [6.07, 6.45) is 5.35. The van der Waals surface area contributed by atoms with E-state index in [9.17, 15) is 17.2 Å². The van der Waals surface area contributed by atoms with Crippen molar-refractivity contribution in [3.05, 3.63) is 59.9 Å². The van der Waals surface area contributed by atoms with E-state index in [1.165, 1.54) is 32.2 Å². The zero-order valence-electron chi connectivity index (χ0n) is 23.7. The quantitative estimate of drug-likeness (QED) is 0.240. The molecule has 0 bridgehead atoms. The number of aryl methyl sites for hydroxylation is 1. The molecule has 0 radical (unpaired) electrons. The summed E-state index contributed by atoms with van der Waals surface area (Å²) >= 11 is 0. The number of rotatable bonds is 10. The van der Waals surface area contributed by atoms with Crippen LogP contribution in [0.15, 0.2) is 47.5 Å². The van der Waals surface area contributed by atoms with E-state index in [-0.39, 0.29) is 17.7 Å². The first kappa shape index (κ1) is 29.0. The van der Waals surface area contributed by atoms with Crippen LogP contribution in [0.5, 0.6) is 11.6 Å². The Morgan fingerprint density at radius 3 is 2.53 bits per heavy atom. The summed E-state index contributed by atoms with van der Waals surface area (Å²) in [4.78, 5) is 13.1. The van der Waals surface area contributed by atoms with Gasteiger partial charge in [0.05, 0.1) is 26.0 Å². The van der Waals surface area contributed by atoms with E-state index < -0.39 is 26.6 Å². The van der Waals surface area contributed by atoms with Crippen LogP contribution in [-0.2, 0) is 14.8 Å². The third-order valence-corrected chi connectivity index (χ3v) is 8.87. The predicted octanol–water partition coefficient (Wildman–Crippen LogP) is 5.47. The van der Waals surface area contributed by atoms with Gasteiger partial charge in [0, 0.05) is 42.6 Å². The van der Waals surface area contributed by atoms with Crippen molar-refractivity contribution in [1.29, 1.82) is 0 Å². The molecule has 2 aromatic heterocycles. The fraction of sp³-hybridized carbons (Fsp3) is 0.367. The highest BCUT2D eigenvalue weighted by molar-refractivity contribution is 7.92. The van der Waals surface area contributed by atoms with E-state index in [4.69, 9.17) is 19.2 Å². The molecule has 2 aliphatic rings. The van der Waals surface area contributed by atoms with Gasteiger partial charge in [-0.3, -0.25) is 4.72 Å². The molecule has 1 saturated carbocycles. The van der Waals surface area contributed by atoms with Gasteiger partial charge >= 0.3 is 0 Å². The summed E-state index contributed by atoms with van der Waals surface area (Å²) in [7, 11) is -3.11. The second kappa shape index (κ2) is 11.9. The number of anilines is 2. The number of nitrogens with zero attached hydrogens (tertiary/aromatic N) is 3. The molecule has 226 valence electrons. The lowest BCUT2D eigenvalue weighted by Crippen LogP contribution is -2.26. The Labute approximate surface area is 247 Å². The van der Waals surface area contributed by atoms with Gasteiger partial charge in [-0.2, -0.15) is 0 Å². The molecule has 1 saturated heterocycles. The Kier molecular flexibility index (Phi) is 8.01. The van der Waals surface area contributed by atoms with Gasteiger partial charge in [-0.15, -0.1) is 0 Å². The molecule has 2 N–H and O–H groups in total. The molecule has 0 spiro atoms. The van der Waals surface area contributed by atoms with Crippen LogP contribution in [0.25, 0.3) is 22.0 Å². The van der Waals surface area contributed by atoms with Gasteiger partial charge in [0.15, 0.2) is 0 Å². The van der Waals surface area contributed by atoms with Gasteiger partial charge in [-0.05, 0) is 61.6 Å². The van der Waals surface area contributed by atoms with Crippen molar-refractivity contribution in [3.63, 3.8) is 0 Å². The highest BCUT2D eigenvalue weighted by atomic mass is 32.2.